The van der Waals surface area contributed by atoms with E-state index in [1.807, 2.05) is 24.3 Å². The second kappa shape index (κ2) is 6.11. The Balaban J connectivity index is 1.83. The molecule has 0 amide bonds. The first-order valence-electron chi connectivity index (χ1n) is 8.76. The Morgan fingerprint density at radius 3 is 2.17 bits per heavy atom. The number of phenolic OH excluding ortho intramolecular Hbond substituents is 2. The maximum atomic E-state index is 9.98. The van der Waals surface area contributed by atoms with Crippen molar-refractivity contribution in [1.29, 1.82) is 0 Å². The van der Waals surface area contributed by atoms with Crippen molar-refractivity contribution in [3.63, 3.8) is 0 Å². The molecule has 7 nitrogen and oxygen atoms in total. The van der Waals surface area contributed by atoms with E-state index in [2.05, 4.69) is 10.5 Å². The highest BCUT2D eigenvalue weighted by molar-refractivity contribution is 7.80. The van der Waals surface area contributed by atoms with Gasteiger partial charge in [-0.3, -0.25) is 5.43 Å². The van der Waals surface area contributed by atoms with E-state index in [1.54, 1.807) is 24.3 Å². The molecule has 0 saturated heterocycles. The lowest BCUT2D eigenvalue weighted by atomic mass is 9.77. The number of hydrogen-bond acceptors (Lipinski definition) is 6. The molecule has 144 valence electrons. The molecule has 5 N–H and O–H groups in total. The van der Waals surface area contributed by atoms with Crippen LogP contribution in [0.5, 0.6) is 23.0 Å². The van der Waals surface area contributed by atoms with Crippen molar-refractivity contribution >= 4 is 23.2 Å². The number of ether oxygens (including phenoxy) is 2. The van der Waals surface area contributed by atoms with Crippen LogP contribution in [0.25, 0.3) is 0 Å². The Labute approximate surface area is 171 Å². The number of rotatable bonds is 1. The van der Waals surface area contributed by atoms with Crippen LogP contribution in [0.15, 0.2) is 65.8 Å². The maximum Gasteiger partial charge on any atom is 0.240 e. The number of nitrogens with one attached hydrogen (secondary N) is 1. The number of nitrogens with two attached hydrogens (primary N) is 1. The fourth-order valence-corrected chi connectivity index (χ4v) is 3.90. The van der Waals surface area contributed by atoms with Crippen LogP contribution in [-0.2, 0) is 10.3 Å². The van der Waals surface area contributed by atoms with Crippen LogP contribution < -0.4 is 15.9 Å². The van der Waals surface area contributed by atoms with Gasteiger partial charge in [0.05, 0.1) is 0 Å². The summed E-state index contributed by atoms with van der Waals surface area (Å²) in [6.07, 6.45) is 0. The largest absolute Gasteiger partial charge is 0.508 e. The van der Waals surface area contributed by atoms with E-state index >= 15 is 0 Å². The van der Waals surface area contributed by atoms with Gasteiger partial charge in [-0.15, -0.1) is 5.10 Å². The minimum atomic E-state index is -1.09. The lowest BCUT2D eigenvalue weighted by Crippen LogP contribution is -2.33. The molecule has 5 rings (SSSR count). The summed E-state index contributed by atoms with van der Waals surface area (Å²) in [4.78, 5) is 0. The Kier molecular flexibility index (Phi) is 3.65. The molecule has 2 aliphatic rings. The summed E-state index contributed by atoms with van der Waals surface area (Å²) in [6, 6.07) is 17.3. The number of benzene rings is 3. The number of hydrazone groups is 1. The van der Waals surface area contributed by atoms with E-state index in [0.29, 0.717) is 28.5 Å². The summed E-state index contributed by atoms with van der Waals surface area (Å²) >= 11 is 4.86. The molecule has 0 unspecified atom stereocenters. The normalized spacial score (nSPS) is 16.3. The van der Waals surface area contributed by atoms with E-state index in [0.717, 1.165) is 11.1 Å². The zero-order valence-electron chi connectivity index (χ0n) is 14.9. The monoisotopic (exact) mass is 405 g/mol. The van der Waals surface area contributed by atoms with Crippen molar-refractivity contribution in [2.24, 2.45) is 10.8 Å². The lowest BCUT2D eigenvalue weighted by molar-refractivity contribution is 0.142. The SMILES string of the molecule is NC(=S)N/N=C1/OC2(c3ccc(O)cc3Oc3cc(O)ccc32)c2ccccc21. The smallest absolute Gasteiger partial charge is 0.240 e. The van der Waals surface area contributed by atoms with E-state index in [4.69, 9.17) is 27.4 Å². The van der Waals surface area contributed by atoms with Gasteiger partial charge in [-0.2, -0.15) is 0 Å². The number of nitrogens with zero attached hydrogens (tertiary/aromatic N) is 1. The van der Waals surface area contributed by atoms with Crippen molar-refractivity contribution in [2.75, 3.05) is 0 Å². The van der Waals surface area contributed by atoms with Crippen LogP contribution >= 0.6 is 12.2 Å². The van der Waals surface area contributed by atoms with Crippen molar-refractivity contribution < 1.29 is 19.7 Å². The molecule has 3 aromatic rings. The molecule has 0 radical (unpaired) electrons. The molecule has 2 heterocycles. The van der Waals surface area contributed by atoms with Crippen LogP contribution in [-0.4, -0.2) is 21.2 Å². The highest BCUT2D eigenvalue weighted by Gasteiger charge is 2.52. The minimum absolute atomic E-state index is 0.0159. The number of fused-ring (bicyclic) bond motifs is 6. The average Bonchev–Trinajstić information content (AvgIpc) is 3.01. The van der Waals surface area contributed by atoms with E-state index in [-0.39, 0.29) is 16.6 Å². The van der Waals surface area contributed by atoms with Crippen molar-refractivity contribution in [1.82, 2.24) is 5.43 Å². The first-order valence-corrected chi connectivity index (χ1v) is 9.17. The summed E-state index contributed by atoms with van der Waals surface area (Å²) in [5.74, 6) is 1.26. The van der Waals surface area contributed by atoms with Crippen LogP contribution in [0.4, 0.5) is 0 Å². The predicted molar refractivity (Wildman–Crippen MR) is 110 cm³/mol. The third-order valence-corrected chi connectivity index (χ3v) is 5.05. The van der Waals surface area contributed by atoms with Gasteiger partial charge in [0, 0.05) is 34.4 Å². The van der Waals surface area contributed by atoms with Gasteiger partial charge >= 0.3 is 0 Å². The van der Waals surface area contributed by atoms with Crippen molar-refractivity contribution in [3.8, 4) is 23.0 Å². The van der Waals surface area contributed by atoms with Gasteiger partial charge in [-0.1, -0.05) is 18.2 Å². The van der Waals surface area contributed by atoms with Gasteiger partial charge < -0.3 is 25.4 Å². The molecule has 0 saturated carbocycles. The third-order valence-electron chi connectivity index (χ3n) is 4.96. The summed E-state index contributed by atoms with van der Waals surface area (Å²) < 4.78 is 12.5. The van der Waals surface area contributed by atoms with Crippen LogP contribution in [0.1, 0.15) is 22.3 Å². The van der Waals surface area contributed by atoms with Gasteiger partial charge in [-0.25, -0.2) is 0 Å². The molecule has 1 spiro atoms. The number of phenols is 2. The lowest BCUT2D eigenvalue weighted by Gasteiger charge is -2.36. The Bertz CT molecular complexity index is 1160. The van der Waals surface area contributed by atoms with Crippen molar-refractivity contribution in [2.45, 2.75) is 5.60 Å². The van der Waals surface area contributed by atoms with Gasteiger partial charge in [-0.05, 0) is 42.5 Å². The summed E-state index contributed by atoms with van der Waals surface area (Å²) in [7, 11) is 0. The maximum absolute atomic E-state index is 9.98. The highest BCUT2D eigenvalue weighted by atomic mass is 32.1. The molecule has 0 atom stereocenters. The first kappa shape index (κ1) is 17.3. The van der Waals surface area contributed by atoms with E-state index < -0.39 is 5.60 Å². The molecule has 0 bridgehead atoms. The number of hydrogen-bond donors (Lipinski definition) is 4. The summed E-state index contributed by atoms with van der Waals surface area (Å²) in [5, 5.41) is 24.2. The topological polar surface area (TPSA) is 109 Å². The Hall–Kier alpha value is -3.78. The molecule has 2 aliphatic heterocycles. The molecule has 0 aliphatic carbocycles. The van der Waals surface area contributed by atoms with Gasteiger partial charge in [0.2, 0.25) is 5.90 Å². The molecule has 0 aromatic heterocycles. The molecule has 3 aromatic carbocycles. The Morgan fingerprint density at radius 1 is 0.931 bits per heavy atom. The summed E-state index contributed by atoms with van der Waals surface area (Å²) in [6.45, 7) is 0. The molecule has 0 fully saturated rings. The molecule has 8 heteroatoms. The second-order valence-corrected chi connectivity index (χ2v) is 7.12. The fourth-order valence-electron chi connectivity index (χ4n) is 3.86. The molecule has 29 heavy (non-hydrogen) atoms. The van der Waals surface area contributed by atoms with E-state index in [1.165, 1.54) is 12.1 Å². The molecular formula is C21H15N3O4S. The third kappa shape index (κ3) is 2.50. The quantitative estimate of drug-likeness (QED) is 0.364. The van der Waals surface area contributed by atoms with E-state index in [9.17, 15) is 10.2 Å². The molecular weight excluding hydrogens is 390 g/mol. The average molecular weight is 405 g/mol. The zero-order valence-corrected chi connectivity index (χ0v) is 15.7. The van der Waals surface area contributed by atoms with Gasteiger partial charge in [0.25, 0.3) is 0 Å². The number of thiocarbonyl (C=S) groups is 1. The minimum Gasteiger partial charge on any atom is -0.508 e. The van der Waals surface area contributed by atoms with Crippen LogP contribution in [0.3, 0.4) is 0 Å². The van der Waals surface area contributed by atoms with Gasteiger partial charge in [0.15, 0.2) is 10.7 Å². The van der Waals surface area contributed by atoms with Crippen molar-refractivity contribution in [3.05, 3.63) is 82.9 Å². The standard InChI is InChI=1S/C21H15N3O4S/c22-20(29)24-23-19-13-3-1-2-4-14(13)21(28-19)15-7-5-11(25)9-17(15)27-18-10-12(26)6-8-16(18)21/h1-10,25-26H,(H3,22,24,29)/b23-19+. The fraction of sp³-hybridized carbons (Fsp3) is 0.0476. The number of aromatic hydroxyl groups is 2. The van der Waals surface area contributed by atoms with Gasteiger partial charge in [0.1, 0.15) is 23.0 Å². The second-order valence-electron chi connectivity index (χ2n) is 6.68. The zero-order chi connectivity index (χ0) is 20.2. The van der Waals surface area contributed by atoms with Crippen LogP contribution in [0, 0.1) is 0 Å². The van der Waals surface area contributed by atoms with Crippen LogP contribution in [0.2, 0.25) is 0 Å². The highest BCUT2D eigenvalue weighted by Crippen LogP contribution is 2.56. The first-order chi connectivity index (χ1) is 14.0. The Morgan fingerprint density at radius 2 is 1.55 bits per heavy atom. The predicted octanol–water partition coefficient (Wildman–Crippen LogP) is 3.02. The summed E-state index contributed by atoms with van der Waals surface area (Å²) in [5.41, 5.74) is 10.0.